The number of ether oxygens (including phenoxy) is 1. The summed E-state index contributed by atoms with van der Waals surface area (Å²) in [5, 5.41) is 9.01. The van der Waals surface area contributed by atoms with Crippen LogP contribution in [0.4, 0.5) is 0 Å². The van der Waals surface area contributed by atoms with Gasteiger partial charge in [0, 0.05) is 0 Å². The first-order valence-electron chi connectivity index (χ1n) is 3.68. The summed E-state index contributed by atoms with van der Waals surface area (Å²) >= 11 is 0. The Balaban J connectivity index is 2.95. The molecular formula is C8H16O2. The van der Waals surface area contributed by atoms with E-state index >= 15 is 0 Å². The maximum absolute atomic E-state index is 9.01. The lowest BCUT2D eigenvalue weighted by molar-refractivity contribution is 0.0370. The van der Waals surface area contributed by atoms with Crippen LogP contribution in [-0.4, -0.2) is 24.4 Å². The van der Waals surface area contributed by atoms with E-state index in [0.29, 0.717) is 13.2 Å². The van der Waals surface area contributed by atoms with Crippen LogP contribution >= 0.6 is 0 Å². The highest BCUT2D eigenvalue weighted by Gasteiger charge is 1.97. The molecule has 0 saturated heterocycles. The SMILES string of the molecule is C=CCCOCC(O)CC. The fourth-order valence-electron chi connectivity index (χ4n) is 0.504. The zero-order chi connectivity index (χ0) is 7.82. The van der Waals surface area contributed by atoms with Crippen molar-refractivity contribution in [2.45, 2.75) is 25.9 Å². The molecule has 0 amide bonds. The van der Waals surface area contributed by atoms with Gasteiger partial charge in [0.25, 0.3) is 0 Å². The average Bonchev–Trinajstić information content (AvgIpc) is 1.98. The Kier molecular flexibility index (Phi) is 6.55. The number of aliphatic hydroxyl groups is 1. The Morgan fingerprint density at radius 1 is 1.70 bits per heavy atom. The predicted molar refractivity (Wildman–Crippen MR) is 41.9 cm³/mol. The van der Waals surface area contributed by atoms with Gasteiger partial charge in [-0.05, 0) is 12.8 Å². The summed E-state index contributed by atoms with van der Waals surface area (Å²) in [4.78, 5) is 0. The van der Waals surface area contributed by atoms with Crippen LogP contribution in [0.3, 0.4) is 0 Å². The van der Waals surface area contributed by atoms with E-state index in [9.17, 15) is 0 Å². The van der Waals surface area contributed by atoms with Gasteiger partial charge in [-0.3, -0.25) is 0 Å². The molecular weight excluding hydrogens is 128 g/mol. The maximum atomic E-state index is 9.01. The molecule has 0 aromatic heterocycles. The third-order valence-corrected chi connectivity index (χ3v) is 1.25. The zero-order valence-corrected chi connectivity index (χ0v) is 6.55. The van der Waals surface area contributed by atoms with Crippen LogP contribution in [0.5, 0.6) is 0 Å². The molecule has 1 unspecified atom stereocenters. The Hall–Kier alpha value is -0.340. The number of rotatable bonds is 6. The molecule has 1 N–H and O–H groups in total. The van der Waals surface area contributed by atoms with E-state index in [0.717, 1.165) is 12.8 Å². The van der Waals surface area contributed by atoms with E-state index in [4.69, 9.17) is 9.84 Å². The van der Waals surface area contributed by atoms with Crippen molar-refractivity contribution in [1.29, 1.82) is 0 Å². The number of hydrogen-bond acceptors (Lipinski definition) is 2. The summed E-state index contributed by atoms with van der Waals surface area (Å²) in [5.41, 5.74) is 0. The summed E-state index contributed by atoms with van der Waals surface area (Å²) in [6.07, 6.45) is 3.12. The summed E-state index contributed by atoms with van der Waals surface area (Å²) in [7, 11) is 0. The van der Waals surface area contributed by atoms with Crippen molar-refractivity contribution < 1.29 is 9.84 Å². The third kappa shape index (κ3) is 5.79. The molecule has 1 atom stereocenters. The van der Waals surface area contributed by atoms with Crippen LogP contribution in [0.15, 0.2) is 12.7 Å². The Morgan fingerprint density at radius 2 is 2.40 bits per heavy atom. The van der Waals surface area contributed by atoms with Crippen LogP contribution in [0.2, 0.25) is 0 Å². The summed E-state index contributed by atoms with van der Waals surface area (Å²) in [6, 6.07) is 0. The molecule has 2 nitrogen and oxygen atoms in total. The molecule has 0 fully saturated rings. The van der Waals surface area contributed by atoms with E-state index in [1.165, 1.54) is 0 Å². The summed E-state index contributed by atoms with van der Waals surface area (Å²) < 4.78 is 5.11. The van der Waals surface area contributed by atoms with Gasteiger partial charge < -0.3 is 9.84 Å². The average molecular weight is 144 g/mol. The minimum Gasteiger partial charge on any atom is -0.391 e. The first kappa shape index (κ1) is 9.66. The van der Waals surface area contributed by atoms with Gasteiger partial charge in [0.1, 0.15) is 0 Å². The molecule has 0 heterocycles. The van der Waals surface area contributed by atoms with Crippen LogP contribution in [-0.2, 0) is 4.74 Å². The molecule has 0 aromatic rings. The zero-order valence-electron chi connectivity index (χ0n) is 6.55. The first-order chi connectivity index (χ1) is 4.81. The Labute approximate surface area is 62.5 Å². The topological polar surface area (TPSA) is 29.5 Å². The Bertz CT molecular complexity index is 81.3. The normalized spacial score (nSPS) is 13.0. The minimum absolute atomic E-state index is 0.301. The van der Waals surface area contributed by atoms with E-state index < -0.39 is 0 Å². The second kappa shape index (κ2) is 6.78. The highest BCUT2D eigenvalue weighted by molar-refractivity contribution is 4.64. The monoisotopic (exact) mass is 144 g/mol. The van der Waals surface area contributed by atoms with Crippen molar-refractivity contribution in [3.8, 4) is 0 Å². The van der Waals surface area contributed by atoms with Gasteiger partial charge in [-0.15, -0.1) is 6.58 Å². The van der Waals surface area contributed by atoms with E-state index in [1.54, 1.807) is 6.08 Å². The fourth-order valence-corrected chi connectivity index (χ4v) is 0.504. The first-order valence-corrected chi connectivity index (χ1v) is 3.68. The molecule has 0 rings (SSSR count). The molecule has 2 heteroatoms. The molecule has 60 valence electrons. The predicted octanol–water partition coefficient (Wildman–Crippen LogP) is 1.35. The summed E-state index contributed by atoms with van der Waals surface area (Å²) in [6.45, 7) is 6.60. The van der Waals surface area contributed by atoms with Crippen molar-refractivity contribution >= 4 is 0 Å². The quantitative estimate of drug-likeness (QED) is 0.450. The van der Waals surface area contributed by atoms with Crippen LogP contribution in [0.25, 0.3) is 0 Å². The molecule has 0 spiro atoms. The molecule has 0 aliphatic carbocycles. The lowest BCUT2D eigenvalue weighted by atomic mass is 10.3. The van der Waals surface area contributed by atoms with E-state index in [-0.39, 0.29) is 6.10 Å². The van der Waals surface area contributed by atoms with Gasteiger partial charge >= 0.3 is 0 Å². The second-order valence-corrected chi connectivity index (χ2v) is 2.21. The molecule has 0 bridgehead atoms. The highest BCUT2D eigenvalue weighted by atomic mass is 16.5. The van der Waals surface area contributed by atoms with Crippen molar-refractivity contribution in [3.63, 3.8) is 0 Å². The molecule has 0 saturated carbocycles. The molecule has 10 heavy (non-hydrogen) atoms. The van der Waals surface area contributed by atoms with E-state index in [1.807, 2.05) is 6.92 Å². The molecule has 0 aliphatic rings. The van der Waals surface area contributed by atoms with Gasteiger partial charge in [-0.1, -0.05) is 13.0 Å². The Morgan fingerprint density at radius 3 is 2.90 bits per heavy atom. The maximum Gasteiger partial charge on any atom is 0.0771 e. The van der Waals surface area contributed by atoms with Crippen molar-refractivity contribution in [2.24, 2.45) is 0 Å². The summed E-state index contributed by atoms with van der Waals surface area (Å²) in [5.74, 6) is 0. The lowest BCUT2D eigenvalue weighted by Crippen LogP contribution is -2.13. The van der Waals surface area contributed by atoms with Gasteiger partial charge in [0.2, 0.25) is 0 Å². The minimum atomic E-state index is -0.301. The van der Waals surface area contributed by atoms with E-state index in [2.05, 4.69) is 6.58 Å². The molecule has 0 radical (unpaired) electrons. The van der Waals surface area contributed by atoms with Crippen LogP contribution in [0.1, 0.15) is 19.8 Å². The fraction of sp³-hybridized carbons (Fsp3) is 0.750. The van der Waals surface area contributed by atoms with Gasteiger partial charge in [-0.2, -0.15) is 0 Å². The van der Waals surface area contributed by atoms with Gasteiger partial charge in [0.15, 0.2) is 0 Å². The molecule has 0 aromatic carbocycles. The van der Waals surface area contributed by atoms with Gasteiger partial charge in [0.05, 0.1) is 19.3 Å². The van der Waals surface area contributed by atoms with Gasteiger partial charge in [-0.25, -0.2) is 0 Å². The van der Waals surface area contributed by atoms with Crippen molar-refractivity contribution in [2.75, 3.05) is 13.2 Å². The number of hydrogen-bond donors (Lipinski definition) is 1. The largest absolute Gasteiger partial charge is 0.391 e. The van der Waals surface area contributed by atoms with Crippen molar-refractivity contribution in [1.82, 2.24) is 0 Å². The smallest absolute Gasteiger partial charge is 0.0771 e. The standard InChI is InChI=1S/C8H16O2/c1-3-5-6-10-7-8(9)4-2/h3,8-9H,1,4-7H2,2H3. The van der Waals surface area contributed by atoms with Crippen LogP contribution in [0, 0.1) is 0 Å². The lowest BCUT2D eigenvalue weighted by Gasteiger charge is -2.06. The van der Waals surface area contributed by atoms with Crippen molar-refractivity contribution in [3.05, 3.63) is 12.7 Å². The third-order valence-electron chi connectivity index (χ3n) is 1.25. The molecule has 0 aliphatic heterocycles. The highest BCUT2D eigenvalue weighted by Crippen LogP contribution is 1.91. The van der Waals surface area contributed by atoms with Crippen LogP contribution < -0.4 is 0 Å². The second-order valence-electron chi connectivity index (χ2n) is 2.21. The number of aliphatic hydroxyl groups excluding tert-OH is 1.